The number of rotatable bonds is 9. The van der Waals surface area contributed by atoms with Crippen LogP contribution in [0.25, 0.3) is 6.08 Å². The van der Waals surface area contributed by atoms with E-state index in [0.29, 0.717) is 5.56 Å². The van der Waals surface area contributed by atoms with Gasteiger partial charge in [-0.1, -0.05) is 18.2 Å². The van der Waals surface area contributed by atoms with Gasteiger partial charge >= 0.3 is 17.9 Å². The van der Waals surface area contributed by atoms with Gasteiger partial charge in [-0.15, -0.1) is 0 Å². The summed E-state index contributed by atoms with van der Waals surface area (Å²) < 4.78 is 14.5. The topological polar surface area (TPSA) is 160 Å². The van der Waals surface area contributed by atoms with E-state index in [1.807, 2.05) is 0 Å². The van der Waals surface area contributed by atoms with Crippen LogP contribution in [-0.2, 0) is 30.3 Å². The van der Waals surface area contributed by atoms with Crippen molar-refractivity contribution in [3.05, 3.63) is 59.7 Å². The Morgan fingerprint density at radius 1 is 1.06 bits per heavy atom. The van der Waals surface area contributed by atoms with Gasteiger partial charge in [-0.2, -0.15) is 0 Å². The van der Waals surface area contributed by atoms with Crippen molar-refractivity contribution in [3.63, 3.8) is 0 Å². The maximum atomic E-state index is 12.3. The predicted molar refractivity (Wildman–Crippen MR) is 110 cm³/mol. The number of aliphatic carboxylic acids is 1. The second-order valence-corrected chi connectivity index (χ2v) is 6.68. The smallest absolute Gasteiger partial charge is 0.350 e. The third-order valence-corrected chi connectivity index (χ3v) is 4.48. The summed E-state index contributed by atoms with van der Waals surface area (Å²) >= 11 is 0. The van der Waals surface area contributed by atoms with Crippen molar-refractivity contribution in [3.8, 4) is 17.2 Å². The molecular weight excluding hydrogens is 424 g/mol. The minimum Gasteiger partial charge on any atom is -0.508 e. The third kappa shape index (κ3) is 5.76. The van der Waals surface area contributed by atoms with Crippen LogP contribution in [0, 0.1) is 0 Å². The van der Waals surface area contributed by atoms with Gasteiger partial charge in [0.1, 0.15) is 5.75 Å². The third-order valence-electron chi connectivity index (χ3n) is 4.48. The van der Waals surface area contributed by atoms with Gasteiger partial charge in [0.2, 0.25) is 11.7 Å². The van der Waals surface area contributed by atoms with Crippen molar-refractivity contribution in [2.45, 2.75) is 18.1 Å². The van der Waals surface area contributed by atoms with Gasteiger partial charge in [0, 0.05) is 12.5 Å². The minimum atomic E-state index is -2.85. The van der Waals surface area contributed by atoms with E-state index in [0.717, 1.165) is 13.2 Å². The Bertz CT molecular complexity index is 1010. The van der Waals surface area contributed by atoms with Crippen molar-refractivity contribution in [2.75, 3.05) is 14.2 Å². The molecule has 4 N–H and O–H groups in total. The van der Waals surface area contributed by atoms with Gasteiger partial charge in [0.05, 0.1) is 14.2 Å². The van der Waals surface area contributed by atoms with Gasteiger partial charge in [-0.25, -0.2) is 14.4 Å². The Hall–Kier alpha value is -4.05. The first-order valence-corrected chi connectivity index (χ1v) is 9.18. The van der Waals surface area contributed by atoms with Crippen LogP contribution in [0.4, 0.5) is 0 Å². The Balaban J connectivity index is 2.28. The Kier molecular flexibility index (Phi) is 7.81. The Labute approximate surface area is 182 Å². The molecule has 0 spiro atoms. The highest BCUT2D eigenvalue weighted by atomic mass is 16.6. The number of carboxylic acids is 1. The van der Waals surface area contributed by atoms with E-state index in [1.165, 1.54) is 55.7 Å². The van der Waals surface area contributed by atoms with E-state index in [-0.39, 0.29) is 22.8 Å². The van der Waals surface area contributed by atoms with Crippen LogP contribution in [0.1, 0.15) is 11.1 Å². The molecule has 0 aromatic heterocycles. The van der Waals surface area contributed by atoms with Crippen LogP contribution in [0.3, 0.4) is 0 Å². The van der Waals surface area contributed by atoms with Crippen LogP contribution < -0.4 is 4.74 Å². The highest BCUT2D eigenvalue weighted by molar-refractivity contribution is 5.93. The van der Waals surface area contributed by atoms with Crippen LogP contribution in [0.15, 0.2) is 48.5 Å². The number of hydrogen-bond acceptors (Lipinski definition) is 9. The largest absolute Gasteiger partial charge is 0.508 e. The fourth-order valence-electron chi connectivity index (χ4n) is 2.77. The van der Waals surface area contributed by atoms with Gasteiger partial charge in [0.15, 0.2) is 11.5 Å². The normalized spacial score (nSPS) is 13.7. The van der Waals surface area contributed by atoms with E-state index in [1.54, 1.807) is 0 Å². The number of phenolic OH excluding ortho intramolecular Hbond substituents is 2. The lowest BCUT2D eigenvalue weighted by molar-refractivity contribution is -0.193. The quantitative estimate of drug-likeness (QED) is 0.326. The number of aromatic hydroxyl groups is 2. The number of phenols is 2. The Morgan fingerprint density at radius 2 is 1.72 bits per heavy atom. The molecule has 0 fully saturated rings. The molecule has 0 heterocycles. The molecule has 170 valence electrons. The minimum absolute atomic E-state index is 0.0837. The molecular formula is C22H22O10. The first-order valence-electron chi connectivity index (χ1n) is 9.18. The van der Waals surface area contributed by atoms with Gasteiger partial charge in [0.25, 0.3) is 0 Å². The molecule has 0 aliphatic rings. The molecule has 0 bridgehead atoms. The number of carbonyl (C=O) groups excluding carboxylic acids is 2. The van der Waals surface area contributed by atoms with Crippen LogP contribution in [-0.4, -0.2) is 64.3 Å². The van der Waals surface area contributed by atoms with Crippen molar-refractivity contribution in [1.29, 1.82) is 0 Å². The van der Waals surface area contributed by atoms with Crippen LogP contribution in [0.2, 0.25) is 0 Å². The monoisotopic (exact) mass is 446 g/mol. The van der Waals surface area contributed by atoms with Gasteiger partial charge in [-0.05, 0) is 41.5 Å². The standard InChI is InChI=1S/C22H22O10/c1-30-17-11-13(5-9-16(17)24)6-10-18(25)32-19(20(26)31-2)22(29,21(27)28)12-14-3-7-15(23)8-4-14/h3-11,19,23-24,29H,12H2,1-2H3,(H,27,28)/b10-6+/t19-,22-/m1/s1. The number of benzene rings is 2. The number of ether oxygens (including phenoxy) is 3. The second kappa shape index (κ2) is 10.3. The summed E-state index contributed by atoms with van der Waals surface area (Å²) in [4.78, 5) is 36.4. The molecule has 0 unspecified atom stereocenters. The van der Waals surface area contributed by atoms with Gasteiger partial charge < -0.3 is 34.6 Å². The number of esters is 2. The molecule has 0 saturated heterocycles. The molecule has 0 aliphatic carbocycles. The summed E-state index contributed by atoms with van der Waals surface area (Å²) in [5, 5.41) is 39.4. The zero-order chi connectivity index (χ0) is 23.9. The summed E-state index contributed by atoms with van der Waals surface area (Å²) in [5.41, 5.74) is -2.16. The van der Waals surface area contributed by atoms with E-state index in [2.05, 4.69) is 4.74 Å². The lowest BCUT2D eigenvalue weighted by Gasteiger charge is -2.29. The molecule has 0 aliphatic heterocycles. The molecule has 2 rings (SSSR count). The fourth-order valence-corrected chi connectivity index (χ4v) is 2.77. The summed E-state index contributed by atoms with van der Waals surface area (Å²) in [6, 6.07) is 9.46. The Morgan fingerprint density at radius 3 is 2.28 bits per heavy atom. The average Bonchev–Trinajstić information content (AvgIpc) is 2.77. The highest BCUT2D eigenvalue weighted by Gasteiger charge is 2.51. The molecule has 0 saturated carbocycles. The first kappa shape index (κ1) is 24.2. The van der Waals surface area contributed by atoms with Crippen molar-refractivity contribution in [2.24, 2.45) is 0 Å². The predicted octanol–water partition coefficient (Wildman–Crippen LogP) is 1.26. The molecule has 10 heteroatoms. The molecule has 2 aromatic carbocycles. The molecule has 2 aromatic rings. The fraction of sp³-hybridized carbons (Fsp3) is 0.227. The first-order chi connectivity index (χ1) is 15.1. The van der Waals surface area contributed by atoms with Gasteiger partial charge in [-0.3, -0.25) is 0 Å². The molecule has 32 heavy (non-hydrogen) atoms. The van der Waals surface area contributed by atoms with E-state index < -0.39 is 36.0 Å². The summed E-state index contributed by atoms with van der Waals surface area (Å²) in [6.07, 6.45) is -0.623. The number of aliphatic hydroxyl groups is 1. The van der Waals surface area contributed by atoms with E-state index in [9.17, 15) is 34.8 Å². The summed E-state index contributed by atoms with van der Waals surface area (Å²) in [6.45, 7) is 0. The van der Waals surface area contributed by atoms with Crippen molar-refractivity contribution >= 4 is 24.0 Å². The molecule has 2 atom stereocenters. The van der Waals surface area contributed by atoms with Crippen LogP contribution >= 0.6 is 0 Å². The van der Waals surface area contributed by atoms with Crippen molar-refractivity contribution < 1.29 is 49.0 Å². The molecule has 0 amide bonds. The SMILES string of the molecule is COC(=O)[C@@H](OC(=O)/C=C/c1ccc(O)c(OC)c1)[C@](O)(Cc1ccc(O)cc1)C(=O)O. The molecule has 10 nitrogen and oxygen atoms in total. The number of methoxy groups -OCH3 is 2. The zero-order valence-corrected chi connectivity index (χ0v) is 17.2. The van der Waals surface area contributed by atoms with Crippen LogP contribution in [0.5, 0.6) is 17.2 Å². The van der Waals surface area contributed by atoms with E-state index >= 15 is 0 Å². The average molecular weight is 446 g/mol. The lowest BCUT2D eigenvalue weighted by atomic mass is 9.88. The lowest BCUT2D eigenvalue weighted by Crippen LogP contribution is -2.57. The highest BCUT2D eigenvalue weighted by Crippen LogP contribution is 2.27. The molecule has 0 radical (unpaired) electrons. The second-order valence-electron chi connectivity index (χ2n) is 6.68. The number of carbonyl (C=O) groups is 3. The summed E-state index contributed by atoms with van der Waals surface area (Å²) in [5.74, 6) is -4.26. The summed E-state index contributed by atoms with van der Waals surface area (Å²) in [7, 11) is 2.29. The zero-order valence-electron chi connectivity index (χ0n) is 17.2. The maximum Gasteiger partial charge on any atom is 0.350 e. The maximum absolute atomic E-state index is 12.3. The van der Waals surface area contributed by atoms with E-state index in [4.69, 9.17) is 9.47 Å². The number of carboxylic acid groups (broad SMARTS) is 1. The number of hydrogen-bond donors (Lipinski definition) is 4. The van der Waals surface area contributed by atoms with Crippen molar-refractivity contribution in [1.82, 2.24) is 0 Å².